The topological polar surface area (TPSA) is 44.4 Å². The molecule has 1 saturated heterocycles. The maximum Gasteiger partial charge on any atom is 0.319 e. The molecular weight excluding hydrogens is 386 g/mol. The van der Waals surface area contributed by atoms with Gasteiger partial charge >= 0.3 is 6.03 Å². The molecule has 2 heterocycles. The fraction of sp³-hybridized carbons (Fsp3) is 0.389. The summed E-state index contributed by atoms with van der Waals surface area (Å²) in [4.78, 5) is 15.9. The van der Waals surface area contributed by atoms with Crippen molar-refractivity contribution in [3.05, 3.63) is 51.1 Å². The van der Waals surface area contributed by atoms with Crippen LogP contribution in [0.1, 0.15) is 24.1 Å². The summed E-state index contributed by atoms with van der Waals surface area (Å²) < 4.78 is 1.17. The second-order valence-electron chi connectivity index (χ2n) is 6.03. The van der Waals surface area contributed by atoms with Gasteiger partial charge in [0.1, 0.15) is 0 Å². The largest absolute Gasteiger partial charge is 0.336 e. The van der Waals surface area contributed by atoms with Crippen molar-refractivity contribution in [2.75, 3.05) is 18.4 Å². The number of urea groups is 1. The lowest BCUT2D eigenvalue weighted by Crippen LogP contribution is -2.46. The molecule has 1 aliphatic rings. The van der Waals surface area contributed by atoms with Gasteiger partial charge in [-0.05, 0) is 59.6 Å². The zero-order valence-corrected chi connectivity index (χ0v) is 15.9. The molecular formula is C18H22BrN3OS. The standard InChI is InChI=1S/C18H22BrN3OS/c19-17-10-9-16(24-17)13-22-11-5-4-8-15(22)12-20-18(23)21-14-6-2-1-3-7-14/h1-3,6-7,9-10,15H,4-5,8,11-13H2,(H2,20,21,23). The molecule has 2 N–H and O–H groups in total. The number of benzene rings is 1. The Bertz CT molecular complexity index is 661. The minimum atomic E-state index is -0.134. The number of amides is 2. The molecule has 0 aliphatic carbocycles. The molecule has 1 aliphatic heterocycles. The maximum atomic E-state index is 12.1. The summed E-state index contributed by atoms with van der Waals surface area (Å²) in [7, 11) is 0. The zero-order chi connectivity index (χ0) is 16.8. The van der Waals surface area contributed by atoms with Crippen LogP contribution in [0.5, 0.6) is 0 Å². The van der Waals surface area contributed by atoms with Crippen LogP contribution in [0, 0.1) is 0 Å². The second kappa shape index (κ2) is 8.65. The van der Waals surface area contributed by atoms with Gasteiger partial charge in [-0.3, -0.25) is 4.90 Å². The van der Waals surface area contributed by atoms with Gasteiger partial charge in [0, 0.05) is 29.7 Å². The molecule has 1 aromatic heterocycles. The number of carbonyl (C=O) groups is 1. The number of hydrogen-bond acceptors (Lipinski definition) is 3. The van der Waals surface area contributed by atoms with Crippen LogP contribution in [0.25, 0.3) is 0 Å². The number of rotatable bonds is 5. The van der Waals surface area contributed by atoms with Gasteiger partial charge in [0.05, 0.1) is 3.79 Å². The third-order valence-electron chi connectivity index (χ3n) is 4.27. The van der Waals surface area contributed by atoms with E-state index < -0.39 is 0 Å². The van der Waals surface area contributed by atoms with E-state index in [0.717, 1.165) is 25.2 Å². The van der Waals surface area contributed by atoms with Gasteiger partial charge in [-0.1, -0.05) is 24.6 Å². The van der Waals surface area contributed by atoms with E-state index in [1.165, 1.54) is 21.5 Å². The maximum absolute atomic E-state index is 12.1. The predicted octanol–water partition coefficient (Wildman–Crippen LogP) is 4.69. The minimum absolute atomic E-state index is 0.134. The van der Waals surface area contributed by atoms with Crippen LogP contribution in [-0.4, -0.2) is 30.1 Å². The number of halogens is 1. The number of para-hydroxylation sites is 1. The monoisotopic (exact) mass is 407 g/mol. The first-order valence-corrected chi connectivity index (χ1v) is 9.90. The first-order valence-electron chi connectivity index (χ1n) is 8.29. The number of anilines is 1. The second-order valence-corrected chi connectivity index (χ2v) is 8.57. The normalized spacial score (nSPS) is 18.3. The highest BCUT2D eigenvalue weighted by atomic mass is 79.9. The van der Waals surface area contributed by atoms with Crippen molar-refractivity contribution in [3.8, 4) is 0 Å². The first-order chi connectivity index (χ1) is 11.7. The SMILES string of the molecule is O=C(NCC1CCCCN1Cc1ccc(Br)s1)Nc1ccccc1. The summed E-state index contributed by atoms with van der Waals surface area (Å²) in [6.07, 6.45) is 3.61. The Morgan fingerprint density at radius 2 is 2.04 bits per heavy atom. The fourth-order valence-electron chi connectivity index (χ4n) is 3.04. The lowest BCUT2D eigenvalue weighted by molar-refractivity contribution is 0.140. The zero-order valence-electron chi connectivity index (χ0n) is 13.5. The highest BCUT2D eigenvalue weighted by molar-refractivity contribution is 9.11. The van der Waals surface area contributed by atoms with Gasteiger partial charge in [0.15, 0.2) is 0 Å². The molecule has 128 valence electrons. The number of nitrogens with one attached hydrogen (secondary N) is 2. The summed E-state index contributed by atoms with van der Waals surface area (Å²) in [5, 5.41) is 5.90. The van der Waals surface area contributed by atoms with Crippen molar-refractivity contribution < 1.29 is 4.79 Å². The number of likely N-dealkylation sites (tertiary alicyclic amines) is 1. The summed E-state index contributed by atoms with van der Waals surface area (Å²) >= 11 is 5.31. The predicted molar refractivity (Wildman–Crippen MR) is 104 cm³/mol. The number of hydrogen-bond donors (Lipinski definition) is 2. The Hall–Kier alpha value is -1.37. The first kappa shape index (κ1) is 17.5. The van der Waals surface area contributed by atoms with E-state index in [4.69, 9.17) is 0 Å². The molecule has 0 spiro atoms. The Labute approximate surface area is 155 Å². The molecule has 1 unspecified atom stereocenters. The van der Waals surface area contributed by atoms with E-state index >= 15 is 0 Å². The van der Waals surface area contributed by atoms with Gasteiger partial charge in [-0.15, -0.1) is 11.3 Å². The Morgan fingerprint density at radius 3 is 2.79 bits per heavy atom. The third kappa shape index (κ3) is 5.06. The van der Waals surface area contributed by atoms with E-state index in [1.807, 2.05) is 30.3 Å². The highest BCUT2D eigenvalue weighted by Gasteiger charge is 2.23. The summed E-state index contributed by atoms with van der Waals surface area (Å²) in [6, 6.07) is 14.1. The van der Waals surface area contributed by atoms with Crippen LogP contribution < -0.4 is 10.6 Å². The van der Waals surface area contributed by atoms with Crippen LogP contribution in [-0.2, 0) is 6.54 Å². The van der Waals surface area contributed by atoms with Crippen molar-refractivity contribution in [2.45, 2.75) is 31.8 Å². The molecule has 2 amide bonds. The number of thiophene rings is 1. The van der Waals surface area contributed by atoms with Crippen molar-refractivity contribution in [2.24, 2.45) is 0 Å². The van der Waals surface area contributed by atoms with Gasteiger partial charge < -0.3 is 10.6 Å². The average Bonchev–Trinajstić information content (AvgIpc) is 3.00. The molecule has 1 fully saturated rings. The fourth-order valence-corrected chi connectivity index (χ4v) is 4.55. The van der Waals surface area contributed by atoms with Gasteiger partial charge in [-0.2, -0.15) is 0 Å². The van der Waals surface area contributed by atoms with Crippen LogP contribution in [0.3, 0.4) is 0 Å². The van der Waals surface area contributed by atoms with E-state index in [-0.39, 0.29) is 6.03 Å². The smallest absolute Gasteiger partial charge is 0.319 e. The van der Waals surface area contributed by atoms with E-state index in [1.54, 1.807) is 11.3 Å². The molecule has 1 atom stereocenters. The molecule has 4 nitrogen and oxygen atoms in total. The highest BCUT2D eigenvalue weighted by Crippen LogP contribution is 2.26. The number of piperidine rings is 1. The minimum Gasteiger partial charge on any atom is -0.336 e. The summed E-state index contributed by atoms with van der Waals surface area (Å²) in [6.45, 7) is 2.75. The van der Waals surface area contributed by atoms with Gasteiger partial charge in [-0.25, -0.2) is 4.79 Å². The van der Waals surface area contributed by atoms with E-state index in [0.29, 0.717) is 12.6 Å². The number of nitrogens with zero attached hydrogens (tertiary/aromatic N) is 1. The van der Waals surface area contributed by atoms with Gasteiger partial charge in [0.25, 0.3) is 0 Å². The van der Waals surface area contributed by atoms with E-state index in [2.05, 4.69) is 43.6 Å². The molecule has 0 radical (unpaired) electrons. The average molecular weight is 408 g/mol. The molecule has 6 heteroatoms. The van der Waals surface area contributed by atoms with Crippen molar-refractivity contribution in [3.63, 3.8) is 0 Å². The molecule has 0 bridgehead atoms. The number of carbonyl (C=O) groups excluding carboxylic acids is 1. The lowest BCUT2D eigenvalue weighted by Gasteiger charge is -2.35. The van der Waals surface area contributed by atoms with Crippen LogP contribution >= 0.6 is 27.3 Å². The van der Waals surface area contributed by atoms with Crippen LogP contribution in [0.4, 0.5) is 10.5 Å². The van der Waals surface area contributed by atoms with Crippen LogP contribution in [0.2, 0.25) is 0 Å². The van der Waals surface area contributed by atoms with E-state index in [9.17, 15) is 4.79 Å². The Kier molecular flexibility index (Phi) is 6.29. The lowest BCUT2D eigenvalue weighted by atomic mass is 10.0. The van der Waals surface area contributed by atoms with Crippen molar-refractivity contribution in [1.29, 1.82) is 0 Å². The quantitative estimate of drug-likeness (QED) is 0.754. The molecule has 0 saturated carbocycles. The molecule has 2 aromatic rings. The Morgan fingerprint density at radius 1 is 1.21 bits per heavy atom. The Balaban J connectivity index is 1.51. The molecule has 24 heavy (non-hydrogen) atoms. The summed E-state index contributed by atoms with van der Waals surface area (Å²) in [5.41, 5.74) is 0.818. The molecule has 3 rings (SSSR count). The summed E-state index contributed by atoms with van der Waals surface area (Å²) in [5.74, 6) is 0. The molecule has 1 aromatic carbocycles. The van der Waals surface area contributed by atoms with Crippen LogP contribution in [0.15, 0.2) is 46.3 Å². The van der Waals surface area contributed by atoms with Gasteiger partial charge in [0.2, 0.25) is 0 Å². The van der Waals surface area contributed by atoms with Crippen molar-refractivity contribution >= 4 is 39.0 Å². The third-order valence-corrected chi connectivity index (χ3v) is 5.88. The van der Waals surface area contributed by atoms with Crippen molar-refractivity contribution in [1.82, 2.24) is 10.2 Å².